The summed E-state index contributed by atoms with van der Waals surface area (Å²) in [6.07, 6.45) is 0. The van der Waals surface area contributed by atoms with Crippen LogP contribution in [0, 0.1) is 5.92 Å². The summed E-state index contributed by atoms with van der Waals surface area (Å²) in [6.45, 7) is 7.14. The van der Waals surface area contributed by atoms with Gasteiger partial charge in [0.2, 0.25) is 0 Å². The van der Waals surface area contributed by atoms with Gasteiger partial charge in [0.25, 0.3) is 0 Å². The van der Waals surface area contributed by atoms with Crippen molar-refractivity contribution in [2.24, 2.45) is 5.92 Å². The largest absolute Gasteiger partial charge is 0.383 e. The van der Waals surface area contributed by atoms with E-state index in [-0.39, 0.29) is 5.78 Å². The zero-order valence-electron chi connectivity index (χ0n) is 11.1. The Balaban J connectivity index is 2.59. The van der Waals surface area contributed by atoms with Gasteiger partial charge in [-0.05, 0) is 33.3 Å². The second-order valence-corrected chi connectivity index (χ2v) is 6.41. The summed E-state index contributed by atoms with van der Waals surface area (Å²) >= 11 is 4.89. The zero-order valence-corrected chi connectivity index (χ0v) is 13.5. The fourth-order valence-electron chi connectivity index (χ4n) is 1.74. The van der Waals surface area contributed by atoms with E-state index in [0.29, 0.717) is 19.1 Å². The lowest BCUT2D eigenvalue weighted by Crippen LogP contribution is -2.35. The van der Waals surface area contributed by atoms with Crippen molar-refractivity contribution in [2.75, 3.05) is 33.4 Å². The third kappa shape index (κ3) is 5.18. The van der Waals surface area contributed by atoms with E-state index in [1.165, 1.54) is 11.3 Å². The molecule has 0 spiro atoms. The van der Waals surface area contributed by atoms with Crippen molar-refractivity contribution >= 4 is 33.0 Å². The minimum Gasteiger partial charge on any atom is -0.383 e. The van der Waals surface area contributed by atoms with Crippen LogP contribution in [0.25, 0.3) is 0 Å². The predicted molar refractivity (Wildman–Crippen MR) is 79.5 cm³/mol. The van der Waals surface area contributed by atoms with Gasteiger partial charge in [-0.25, -0.2) is 0 Å². The lowest BCUT2D eigenvalue weighted by Gasteiger charge is -2.22. The molecule has 0 fully saturated rings. The lowest BCUT2D eigenvalue weighted by atomic mass is 10.2. The summed E-state index contributed by atoms with van der Waals surface area (Å²) in [5.74, 6) is 0.718. The summed E-state index contributed by atoms with van der Waals surface area (Å²) in [5, 5.41) is 1.93. The highest BCUT2D eigenvalue weighted by molar-refractivity contribution is 9.10. The molecule has 0 saturated carbocycles. The number of ketones is 1. The van der Waals surface area contributed by atoms with E-state index in [0.717, 1.165) is 22.4 Å². The zero-order chi connectivity index (χ0) is 13.5. The van der Waals surface area contributed by atoms with Crippen LogP contribution in [0.1, 0.15) is 23.5 Å². The summed E-state index contributed by atoms with van der Waals surface area (Å²) in [5.41, 5.74) is 0. The number of carbonyl (C=O) groups excluding carboxylic acids is 1. The Morgan fingerprint density at radius 3 is 2.78 bits per heavy atom. The predicted octanol–water partition coefficient (Wildman–Crippen LogP) is 3.30. The number of halogens is 1. The van der Waals surface area contributed by atoms with Gasteiger partial charge in [0, 0.05) is 24.7 Å². The average Bonchev–Trinajstić information content (AvgIpc) is 2.71. The van der Waals surface area contributed by atoms with E-state index in [4.69, 9.17) is 4.74 Å². The Bertz CT molecular complexity index is 379. The van der Waals surface area contributed by atoms with Gasteiger partial charge in [-0.2, -0.15) is 0 Å². The molecule has 0 aliphatic rings. The first-order valence-electron chi connectivity index (χ1n) is 6.02. The van der Waals surface area contributed by atoms with E-state index in [1.54, 1.807) is 7.11 Å². The van der Waals surface area contributed by atoms with Crippen LogP contribution in [0.15, 0.2) is 15.9 Å². The maximum atomic E-state index is 12.2. The molecule has 0 amide bonds. The number of Topliss-reactive ketones (excluding diaryl/α,β-unsaturated/α-hetero) is 1. The molecule has 5 heteroatoms. The first-order valence-corrected chi connectivity index (χ1v) is 7.69. The third-order valence-corrected chi connectivity index (χ3v) is 4.35. The van der Waals surface area contributed by atoms with Crippen molar-refractivity contribution in [1.82, 2.24) is 4.90 Å². The van der Waals surface area contributed by atoms with Crippen LogP contribution >= 0.6 is 27.3 Å². The summed E-state index contributed by atoms with van der Waals surface area (Å²) < 4.78 is 5.99. The molecule has 3 nitrogen and oxygen atoms in total. The van der Waals surface area contributed by atoms with Crippen molar-refractivity contribution in [2.45, 2.75) is 13.8 Å². The maximum absolute atomic E-state index is 12.2. The van der Waals surface area contributed by atoms with Crippen molar-refractivity contribution in [3.63, 3.8) is 0 Å². The summed E-state index contributed by atoms with van der Waals surface area (Å²) in [7, 11) is 1.69. The van der Waals surface area contributed by atoms with Gasteiger partial charge < -0.3 is 4.74 Å². The third-order valence-electron chi connectivity index (χ3n) is 2.47. The number of ether oxygens (including phenoxy) is 1. The van der Waals surface area contributed by atoms with E-state index in [9.17, 15) is 4.79 Å². The molecule has 0 radical (unpaired) electrons. The molecule has 1 heterocycles. The molecule has 0 unspecified atom stereocenters. The molecule has 1 rings (SSSR count). The molecule has 0 atom stereocenters. The molecule has 0 N–H and O–H groups in total. The second-order valence-electron chi connectivity index (χ2n) is 4.64. The standard InChI is InChI=1S/C13H20BrNO2S/c1-10(2)8-15(5-6-17-3)9-12(16)13-11(14)4-7-18-13/h4,7,10H,5-6,8-9H2,1-3H3. The Morgan fingerprint density at radius 2 is 2.28 bits per heavy atom. The first-order chi connectivity index (χ1) is 8.54. The average molecular weight is 334 g/mol. The van der Waals surface area contributed by atoms with Gasteiger partial charge in [0.15, 0.2) is 5.78 Å². The topological polar surface area (TPSA) is 29.5 Å². The number of rotatable bonds is 8. The molecule has 18 heavy (non-hydrogen) atoms. The van der Waals surface area contributed by atoms with Crippen LogP contribution in [-0.4, -0.2) is 44.0 Å². The summed E-state index contributed by atoms with van der Waals surface area (Å²) in [6, 6.07) is 1.92. The molecule has 0 aliphatic carbocycles. The highest BCUT2D eigenvalue weighted by Gasteiger charge is 2.16. The molecule has 1 aromatic rings. The Kier molecular flexibility index (Phi) is 7.07. The second kappa shape index (κ2) is 8.04. The van der Waals surface area contributed by atoms with Crippen molar-refractivity contribution in [3.8, 4) is 0 Å². The fourth-order valence-corrected chi connectivity index (χ4v) is 3.26. The number of methoxy groups -OCH3 is 1. The van der Waals surface area contributed by atoms with Crippen LogP contribution in [-0.2, 0) is 4.74 Å². The number of hydrogen-bond acceptors (Lipinski definition) is 4. The van der Waals surface area contributed by atoms with Crippen LogP contribution in [0.5, 0.6) is 0 Å². The van der Waals surface area contributed by atoms with Crippen LogP contribution in [0.3, 0.4) is 0 Å². The van der Waals surface area contributed by atoms with Gasteiger partial charge in [0.05, 0.1) is 18.0 Å². The molecular weight excluding hydrogens is 314 g/mol. The quantitative estimate of drug-likeness (QED) is 0.683. The highest BCUT2D eigenvalue weighted by Crippen LogP contribution is 2.23. The molecule has 0 saturated heterocycles. The minimum absolute atomic E-state index is 0.175. The smallest absolute Gasteiger partial charge is 0.187 e. The van der Waals surface area contributed by atoms with E-state index in [2.05, 4.69) is 34.7 Å². The van der Waals surface area contributed by atoms with Crippen LogP contribution < -0.4 is 0 Å². The number of nitrogens with zero attached hydrogens (tertiary/aromatic N) is 1. The van der Waals surface area contributed by atoms with Gasteiger partial charge in [0.1, 0.15) is 0 Å². The van der Waals surface area contributed by atoms with E-state index >= 15 is 0 Å². The Morgan fingerprint density at radius 1 is 1.56 bits per heavy atom. The van der Waals surface area contributed by atoms with Gasteiger partial charge in [-0.1, -0.05) is 13.8 Å². The van der Waals surface area contributed by atoms with Gasteiger partial charge in [-0.3, -0.25) is 9.69 Å². The maximum Gasteiger partial charge on any atom is 0.187 e. The van der Waals surface area contributed by atoms with Crippen molar-refractivity contribution < 1.29 is 9.53 Å². The van der Waals surface area contributed by atoms with Crippen LogP contribution in [0.2, 0.25) is 0 Å². The first kappa shape index (κ1) is 15.8. The summed E-state index contributed by atoms with van der Waals surface area (Å²) in [4.78, 5) is 15.1. The number of carbonyl (C=O) groups is 1. The molecule has 102 valence electrons. The van der Waals surface area contributed by atoms with E-state index < -0.39 is 0 Å². The molecule has 0 aromatic carbocycles. The molecular formula is C13H20BrNO2S. The SMILES string of the molecule is COCCN(CC(=O)c1sccc1Br)CC(C)C. The highest BCUT2D eigenvalue weighted by atomic mass is 79.9. The Hall–Kier alpha value is -0.230. The van der Waals surface area contributed by atoms with Crippen molar-refractivity contribution in [3.05, 3.63) is 20.8 Å². The van der Waals surface area contributed by atoms with Crippen molar-refractivity contribution in [1.29, 1.82) is 0 Å². The number of thiophene rings is 1. The van der Waals surface area contributed by atoms with Crippen LogP contribution in [0.4, 0.5) is 0 Å². The van der Waals surface area contributed by atoms with Gasteiger partial charge in [-0.15, -0.1) is 11.3 Å². The van der Waals surface area contributed by atoms with E-state index in [1.807, 2.05) is 11.4 Å². The molecule has 0 aliphatic heterocycles. The molecule has 1 aromatic heterocycles. The van der Waals surface area contributed by atoms with Gasteiger partial charge >= 0.3 is 0 Å². The number of hydrogen-bond donors (Lipinski definition) is 0. The fraction of sp³-hybridized carbons (Fsp3) is 0.615. The monoisotopic (exact) mass is 333 g/mol. The Labute approximate surface area is 121 Å². The molecule has 0 bridgehead atoms. The minimum atomic E-state index is 0.175. The lowest BCUT2D eigenvalue weighted by molar-refractivity contribution is 0.0884. The normalized spacial score (nSPS) is 11.4.